The van der Waals surface area contributed by atoms with Crippen LogP contribution in [-0.4, -0.2) is 24.2 Å². The van der Waals surface area contributed by atoms with E-state index in [-0.39, 0.29) is 11.9 Å². The van der Waals surface area contributed by atoms with E-state index in [1.165, 1.54) is 18.3 Å². The average molecular weight is 196 g/mol. The maximum atomic E-state index is 12.8. The van der Waals surface area contributed by atoms with Crippen molar-refractivity contribution in [2.24, 2.45) is 0 Å². The molecule has 2 rings (SSSR count). The third-order valence-corrected chi connectivity index (χ3v) is 2.27. The first-order chi connectivity index (χ1) is 6.84. The fourth-order valence-corrected chi connectivity index (χ4v) is 1.53. The standard InChI is InChI=1S/C10H13FN2O/c11-8-1-6-13-10(7-8)14-9-2-4-12-5-3-9/h1,6-7,9,12H,2-5H2. The summed E-state index contributed by atoms with van der Waals surface area (Å²) in [4.78, 5) is 3.95. The lowest BCUT2D eigenvalue weighted by Crippen LogP contribution is -2.34. The minimum atomic E-state index is -0.302. The van der Waals surface area contributed by atoms with Gasteiger partial charge in [0.2, 0.25) is 5.88 Å². The second-order valence-electron chi connectivity index (χ2n) is 3.38. The van der Waals surface area contributed by atoms with Crippen molar-refractivity contribution >= 4 is 0 Å². The molecule has 1 saturated heterocycles. The van der Waals surface area contributed by atoms with E-state index < -0.39 is 0 Å². The summed E-state index contributed by atoms with van der Waals surface area (Å²) in [5, 5.41) is 3.24. The van der Waals surface area contributed by atoms with Crippen LogP contribution < -0.4 is 10.1 Å². The number of halogens is 1. The van der Waals surface area contributed by atoms with Crippen LogP contribution in [0, 0.1) is 5.82 Å². The van der Waals surface area contributed by atoms with Crippen molar-refractivity contribution in [3.63, 3.8) is 0 Å². The number of ether oxygens (including phenoxy) is 1. The van der Waals surface area contributed by atoms with Gasteiger partial charge in [0.15, 0.2) is 0 Å². The average Bonchev–Trinajstić information content (AvgIpc) is 2.19. The Kier molecular flexibility index (Phi) is 2.93. The van der Waals surface area contributed by atoms with Crippen LogP contribution in [0.5, 0.6) is 5.88 Å². The molecule has 1 fully saturated rings. The number of nitrogens with one attached hydrogen (secondary N) is 1. The maximum Gasteiger partial charge on any atom is 0.216 e. The molecule has 0 aromatic carbocycles. The molecule has 14 heavy (non-hydrogen) atoms. The monoisotopic (exact) mass is 196 g/mol. The van der Waals surface area contributed by atoms with Gasteiger partial charge in [-0.15, -0.1) is 0 Å². The van der Waals surface area contributed by atoms with Crippen molar-refractivity contribution in [1.82, 2.24) is 10.3 Å². The Morgan fingerprint density at radius 2 is 2.21 bits per heavy atom. The fraction of sp³-hybridized carbons (Fsp3) is 0.500. The molecule has 4 heteroatoms. The summed E-state index contributed by atoms with van der Waals surface area (Å²) >= 11 is 0. The summed E-state index contributed by atoms with van der Waals surface area (Å²) in [6, 6.07) is 2.64. The molecular formula is C10H13FN2O. The van der Waals surface area contributed by atoms with Crippen LogP contribution in [0.25, 0.3) is 0 Å². The maximum absolute atomic E-state index is 12.8. The third kappa shape index (κ3) is 2.42. The third-order valence-electron chi connectivity index (χ3n) is 2.27. The molecule has 1 aromatic rings. The Labute approximate surface area is 82.3 Å². The van der Waals surface area contributed by atoms with Crippen molar-refractivity contribution in [1.29, 1.82) is 0 Å². The normalized spacial score (nSPS) is 18.1. The van der Waals surface area contributed by atoms with Gasteiger partial charge in [0, 0.05) is 12.3 Å². The van der Waals surface area contributed by atoms with Gasteiger partial charge in [-0.2, -0.15) is 0 Å². The molecule has 1 aliphatic rings. The van der Waals surface area contributed by atoms with Gasteiger partial charge in [-0.05, 0) is 32.0 Å². The number of piperidine rings is 1. The molecule has 0 saturated carbocycles. The molecule has 0 amide bonds. The minimum Gasteiger partial charge on any atom is -0.474 e. The van der Waals surface area contributed by atoms with Crippen molar-refractivity contribution < 1.29 is 9.13 Å². The number of pyridine rings is 1. The second kappa shape index (κ2) is 4.37. The quantitative estimate of drug-likeness (QED) is 0.775. The first-order valence-electron chi connectivity index (χ1n) is 4.83. The highest BCUT2D eigenvalue weighted by Gasteiger charge is 2.14. The van der Waals surface area contributed by atoms with Crippen LogP contribution in [0.4, 0.5) is 4.39 Å². The van der Waals surface area contributed by atoms with E-state index in [4.69, 9.17) is 4.74 Å². The molecule has 0 aliphatic carbocycles. The van der Waals surface area contributed by atoms with Gasteiger partial charge >= 0.3 is 0 Å². The molecule has 1 N–H and O–H groups in total. The van der Waals surface area contributed by atoms with Gasteiger partial charge in [0.25, 0.3) is 0 Å². The van der Waals surface area contributed by atoms with Crippen LogP contribution >= 0.6 is 0 Å². The molecule has 1 aromatic heterocycles. The Balaban J connectivity index is 1.95. The van der Waals surface area contributed by atoms with E-state index in [1.54, 1.807) is 0 Å². The predicted molar refractivity (Wildman–Crippen MR) is 50.7 cm³/mol. The molecule has 0 bridgehead atoms. The smallest absolute Gasteiger partial charge is 0.216 e. The van der Waals surface area contributed by atoms with Gasteiger partial charge in [0.1, 0.15) is 11.9 Å². The number of nitrogens with zero attached hydrogens (tertiary/aromatic N) is 1. The molecule has 0 radical (unpaired) electrons. The lowest BCUT2D eigenvalue weighted by molar-refractivity contribution is 0.155. The summed E-state index contributed by atoms with van der Waals surface area (Å²) in [6.45, 7) is 1.92. The van der Waals surface area contributed by atoms with E-state index in [9.17, 15) is 4.39 Å². The fourth-order valence-electron chi connectivity index (χ4n) is 1.53. The van der Waals surface area contributed by atoms with E-state index in [2.05, 4.69) is 10.3 Å². The summed E-state index contributed by atoms with van der Waals surface area (Å²) < 4.78 is 18.3. The molecular weight excluding hydrogens is 183 g/mol. The summed E-state index contributed by atoms with van der Waals surface area (Å²) in [5.41, 5.74) is 0. The number of rotatable bonds is 2. The van der Waals surface area contributed by atoms with Crippen LogP contribution in [-0.2, 0) is 0 Å². The van der Waals surface area contributed by atoms with Crippen LogP contribution in [0.3, 0.4) is 0 Å². The largest absolute Gasteiger partial charge is 0.474 e. The van der Waals surface area contributed by atoms with E-state index >= 15 is 0 Å². The zero-order valence-corrected chi connectivity index (χ0v) is 7.87. The minimum absolute atomic E-state index is 0.172. The first-order valence-corrected chi connectivity index (χ1v) is 4.83. The van der Waals surface area contributed by atoms with Gasteiger partial charge in [-0.1, -0.05) is 0 Å². The lowest BCUT2D eigenvalue weighted by atomic mass is 10.1. The molecule has 76 valence electrons. The number of hydrogen-bond acceptors (Lipinski definition) is 3. The van der Waals surface area contributed by atoms with Crippen molar-refractivity contribution in [3.8, 4) is 5.88 Å². The van der Waals surface area contributed by atoms with Gasteiger partial charge in [0.05, 0.1) is 0 Å². The number of aromatic nitrogens is 1. The highest BCUT2D eigenvalue weighted by atomic mass is 19.1. The molecule has 3 nitrogen and oxygen atoms in total. The van der Waals surface area contributed by atoms with Crippen molar-refractivity contribution in [3.05, 3.63) is 24.1 Å². The van der Waals surface area contributed by atoms with E-state index in [1.807, 2.05) is 0 Å². The highest BCUT2D eigenvalue weighted by molar-refractivity contribution is 5.11. The predicted octanol–water partition coefficient (Wildman–Crippen LogP) is 1.35. The van der Waals surface area contributed by atoms with Gasteiger partial charge in [-0.25, -0.2) is 9.37 Å². The molecule has 0 unspecified atom stereocenters. The topological polar surface area (TPSA) is 34.1 Å². The molecule has 0 atom stereocenters. The molecule has 1 aliphatic heterocycles. The first kappa shape index (κ1) is 9.40. The van der Waals surface area contributed by atoms with Crippen molar-refractivity contribution in [2.75, 3.05) is 13.1 Å². The van der Waals surface area contributed by atoms with Crippen LogP contribution in [0.2, 0.25) is 0 Å². The second-order valence-corrected chi connectivity index (χ2v) is 3.38. The van der Waals surface area contributed by atoms with Crippen molar-refractivity contribution in [2.45, 2.75) is 18.9 Å². The lowest BCUT2D eigenvalue weighted by Gasteiger charge is -2.23. The zero-order chi connectivity index (χ0) is 9.80. The summed E-state index contributed by atoms with van der Waals surface area (Å²) in [6.07, 6.45) is 3.51. The van der Waals surface area contributed by atoms with Gasteiger partial charge < -0.3 is 10.1 Å². The molecule has 2 heterocycles. The van der Waals surface area contributed by atoms with E-state index in [0.29, 0.717) is 5.88 Å². The Hall–Kier alpha value is -1.16. The SMILES string of the molecule is Fc1ccnc(OC2CCNCC2)c1. The summed E-state index contributed by atoms with van der Waals surface area (Å²) in [7, 11) is 0. The zero-order valence-electron chi connectivity index (χ0n) is 7.87. The van der Waals surface area contributed by atoms with Crippen LogP contribution in [0.15, 0.2) is 18.3 Å². The Bertz CT molecular complexity index is 300. The Morgan fingerprint density at radius 3 is 2.93 bits per heavy atom. The number of hydrogen-bond donors (Lipinski definition) is 1. The Morgan fingerprint density at radius 1 is 1.43 bits per heavy atom. The summed E-state index contributed by atoms with van der Waals surface area (Å²) in [5.74, 6) is 0.0841. The highest BCUT2D eigenvalue weighted by Crippen LogP contribution is 2.14. The van der Waals surface area contributed by atoms with Crippen LogP contribution in [0.1, 0.15) is 12.8 Å². The van der Waals surface area contributed by atoms with E-state index in [0.717, 1.165) is 25.9 Å². The molecule has 0 spiro atoms. The van der Waals surface area contributed by atoms with Gasteiger partial charge in [-0.3, -0.25) is 0 Å².